The molecule has 0 heterocycles. The standard InChI is InChI=1S/C7H7ClFN3O/c8-4-1-2-6(5(9)3-4)11-7(13)12-10/h1-3H,10H2,(H2,11,12,13). The lowest BCUT2D eigenvalue weighted by molar-refractivity contribution is 0.252. The van der Waals surface area contributed by atoms with Gasteiger partial charge < -0.3 is 5.32 Å². The van der Waals surface area contributed by atoms with Gasteiger partial charge in [0.25, 0.3) is 0 Å². The molecule has 0 aliphatic heterocycles. The Morgan fingerprint density at radius 1 is 1.54 bits per heavy atom. The molecule has 1 rings (SSSR count). The van der Waals surface area contributed by atoms with Gasteiger partial charge in [-0.05, 0) is 18.2 Å². The Balaban J connectivity index is 2.83. The minimum atomic E-state index is -0.693. The van der Waals surface area contributed by atoms with Crippen molar-refractivity contribution in [1.29, 1.82) is 0 Å². The minimum absolute atomic E-state index is 0.0207. The van der Waals surface area contributed by atoms with E-state index in [2.05, 4.69) is 5.32 Å². The molecule has 0 fully saturated rings. The summed E-state index contributed by atoms with van der Waals surface area (Å²) in [6.45, 7) is 0. The van der Waals surface area contributed by atoms with Crippen molar-refractivity contribution in [1.82, 2.24) is 5.43 Å². The highest BCUT2D eigenvalue weighted by Crippen LogP contribution is 2.18. The predicted molar refractivity (Wildman–Crippen MR) is 47.8 cm³/mol. The molecule has 0 spiro atoms. The third kappa shape index (κ3) is 2.57. The molecule has 0 aliphatic carbocycles. The van der Waals surface area contributed by atoms with Crippen molar-refractivity contribution < 1.29 is 9.18 Å². The SMILES string of the molecule is NNC(=O)Nc1ccc(Cl)cc1F. The van der Waals surface area contributed by atoms with Crippen molar-refractivity contribution in [3.05, 3.63) is 29.0 Å². The van der Waals surface area contributed by atoms with Crippen LogP contribution in [0.2, 0.25) is 5.02 Å². The maximum Gasteiger partial charge on any atom is 0.333 e. The molecule has 0 bridgehead atoms. The summed E-state index contributed by atoms with van der Waals surface area (Å²) in [7, 11) is 0. The summed E-state index contributed by atoms with van der Waals surface area (Å²) in [6, 6.07) is 3.19. The van der Waals surface area contributed by atoms with Gasteiger partial charge in [-0.2, -0.15) is 0 Å². The highest BCUT2D eigenvalue weighted by atomic mass is 35.5. The predicted octanol–water partition coefficient (Wildman–Crippen LogP) is 1.47. The first-order chi connectivity index (χ1) is 6.13. The molecule has 0 saturated carbocycles. The monoisotopic (exact) mass is 203 g/mol. The third-order valence-corrected chi connectivity index (χ3v) is 1.55. The zero-order chi connectivity index (χ0) is 9.84. The number of nitrogens with two attached hydrogens (primary N) is 1. The van der Waals surface area contributed by atoms with E-state index in [1.54, 1.807) is 5.43 Å². The van der Waals surface area contributed by atoms with Gasteiger partial charge in [0.15, 0.2) is 0 Å². The highest BCUT2D eigenvalue weighted by molar-refractivity contribution is 6.30. The molecule has 6 heteroatoms. The average molecular weight is 204 g/mol. The van der Waals surface area contributed by atoms with Crippen molar-refractivity contribution in [3.8, 4) is 0 Å². The Hall–Kier alpha value is -1.33. The Morgan fingerprint density at radius 3 is 2.77 bits per heavy atom. The molecule has 2 amide bonds. The van der Waals surface area contributed by atoms with E-state index >= 15 is 0 Å². The van der Waals surface area contributed by atoms with Gasteiger partial charge in [-0.15, -0.1) is 0 Å². The molecular weight excluding hydrogens is 197 g/mol. The number of hydrogen-bond donors (Lipinski definition) is 3. The molecule has 1 aromatic carbocycles. The molecule has 0 unspecified atom stereocenters. The summed E-state index contributed by atoms with van der Waals surface area (Å²) in [5.41, 5.74) is 1.83. The molecule has 0 radical (unpaired) electrons. The molecule has 70 valence electrons. The van der Waals surface area contributed by atoms with Crippen molar-refractivity contribution in [2.24, 2.45) is 5.84 Å². The summed E-state index contributed by atoms with van der Waals surface area (Å²) in [4.78, 5) is 10.7. The molecule has 0 aliphatic rings. The molecule has 4 nitrogen and oxygen atoms in total. The molecule has 13 heavy (non-hydrogen) atoms. The summed E-state index contributed by atoms with van der Waals surface area (Å²) >= 11 is 5.49. The van der Waals surface area contributed by atoms with Gasteiger partial charge in [0.2, 0.25) is 0 Å². The second-order valence-electron chi connectivity index (χ2n) is 2.22. The van der Waals surface area contributed by atoms with Crippen LogP contribution in [-0.4, -0.2) is 6.03 Å². The lowest BCUT2D eigenvalue weighted by atomic mass is 10.3. The van der Waals surface area contributed by atoms with Crippen molar-refractivity contribution in [2.75, 3.05) is 5.32 Å². The van der Waals surface area contributed by atoms with Crippen molar-refractivity contribution >= 4 is 23.3 Å². The van der Waals surface area contributed by atoms with E-state index in [-0.39, 0.29) is 10.7 Å². The van der Waals surface area contributed by atoms with Crippen LogP contribution >= 0.6 is 11.6 Å². The van der Waals surface area contributed by atoms with Crippen LogP contribution in [0.3, 0.4) is 0 Å². The van der Waals surface area contributed by atoms with Crippen LogP contribution in [0.15, 0.2) is 18.2 Å². The fraction of sp³-hybridized carbons (Fsp3) is 0. The lowest BCUT2D eigenvalue weighted by Gasteiger charge is -2.04. The number of carbonyl (C=O) groups is 1. The number of halogens is 2. The van der Waals surface area contributed by atoms with Crippen LogP contribution in [-0.2, 0) is 0 Å². The number of hydrogen-bond acceptors (Lipinski definition) is 2. The van der Waals surface area contributed by atoms with Gasteiger partial charge >= 0.3 is 6.03 Å². The third-order valence-electron chi connectivity index (χ3n) is 1.31. The van der Waals surface area contributed by atoms with Crippen molar-refractivity contribution in [3.63, 3.8) is 0 Å². The van der Waals surface area contributed by atoms with Crippen LogP contribution in [0.1, 0.15) is 0 Å². The fourth-order valence-corrected chi connectivity index (χ4v) is 0.908. The fourth-order valence-electron chi connectivity index (χ4n) is 0.749. The van der Waals surface area contributed by atoms with E-state index in [9.17, 15) is 9.18 Å². The first kappa shape index (κ1) is 9.76. The van der Waals surface area contributed by atoms with Crippen LogP contribution in [0, 0.1) is 5.82 Å². The number of hydrazine groups is 1. The second kappa shape index (κ2) is 4.06. The first-order valence-corrected chi connectivity index (χ1v) is 3.74. The largest absolute Gasteiger partial charge is 0.333 e. The number of urea groups is 1. The molecule has 0 atom stereocenters. The number of benzene rings is 1. The van der Waals surface area contributed by atoms with Crippen molar-refractivity contribution in [2.45, 2.75) is 0 Å². The Morgan fingerprint density at radius 2 is 2.23 bits per heavy atom. The number of amides is 2. The van der Waals surface area contributed by atoms with Gasteiger partial charge in [-0.25, -0.2) is 15.0 Å². The van der Waals surface area contributed by atoms with E-state index in [0.717, 1.165) is 6.07 Å². The second-order valence-corrected chi connectivity index (χ2v) is 2.66. The maximum absolute atomic E-state index is 13.0. The number of carbonyl (C=O) groups excluding carboxylic acids is 1. The summed E-state index contributed by atoms with van der Waals surface area (Å²) in [5.74, 6) is 4.17. The van der Waals surface area contributed by atoms with E-state index in [0.29, 0.717) is 0 Å². The molecular formula is C7H7ClFN3O. The molecule has 0 saturated heterocycles. The zero-order valence-corrected chi connectivity index (χ0v) is 7.23. The van der Waals surface area contributed by atoms with Gasteiger partial charge in [-0.1, -0.05) is 11.6 Å². The Kier molecular flexibility index (Phi) is 3.05. The minimum Gasteiger partial charge on any atom is -0.304 e. The van der Waals surface area contributed by atoms with Gasteiger partial charge in [-0.3, -0.25) is 5.43 Å². The zero-order valence-electron chi connectivity index (χ0n) is 6.47. The van der Waals surface area contributed by atoms with Crippen LogP contribution < -0.4 is 16.6 Å². The average Bonchev–Trinajstić information content (AvgIpc) is 2.09. The lowest BCUT2D eigenvalue weighted by Crippen LogP contribution is -2.34. The maximum atomic E-state index is 13.0. The highest BCUT2D eigenvalue weighted by Gasteiger charge is 2.05. The summed E-state index contributed by atoms with van der Waals surface area (Å²) in [6.07, 6.45) is 0. The topological polar surface area (TPSA) is 67.1 Å². The first-order valence-electron chi connectivity index (χ1n) is 3.36. The van der Waals surface area contributed by atoms with E-state index in [4.69, 9.17) is 17.4 Å². The van der Waals surface area contributed by atoms with E-state index in [1.165, 1.54) is 12.1 Å². The van der Waals surface area contributed by atoms with Gasteiger partial charge in [0.1, 0.15) is 5.82 Å². The summed E-state index contributed by atoms with van der Waals surface area (Å²) < 4.78 is 13.0. The van der Waals surface area contributed by atoms with E-state index in [1.807, 2.05) is 0 Å². The smallest absolute Gasteiger partial charge is 0.304 e. The van der Waals surface area contributed by atoms with Crippen LogP contribution in [0.4, 0.5) is 14.9 Å². The van der Waals surface area contributed by atoms with Crippen LogP contribution in [0.5, 0.6) is 0 Å². The van der Waals surface area contributed by atoms with Gasteiger partial charge in [0, 0.05) is 5.02 Å². The molecule has 1 aromatic rings. The Labute approximate surface area is 78.8 Å². The number of rotatable bonds is 1. The normalized spacial score (nSPS) is 9.46. The summed E-state index contributed by atoms with van der Waals surface area (Å²) in [5, 5.41) is 2.44. The van der Waals surface area contributed by atoms with Crippen LogP contribution in [0.25, 0.3) is 0 Å². The number of anilines is 1. The van der Waals surface area contributed by atoms with Gasteiger partial charge in [0.05, 0.1) is 5.69 Å². The molecule has 0 aromatic heterocycles. The number of nitrogens with one attached hydrogen (secondary N) is 2. The Bertz CT molecular complexity index is 332. The molecule has 4 N–H and O–H groups in total. The quantitative estimate of drug-likeness (QED) is 0.368. The van der Waals surface area contributed by atoms with E-state index < -0.39 is 11.8 Å².